The number of esters is 2. The Balaban J connectivity index is 1.11. The van der Waals surface area contributed by atoms with Gasteiger partial charge >= 0.3 is 11.9 Å². The van der Waals surface area contributed by atoms with E-state index in [9.17, 15) is 9.59 Å². The Labute approximate surface area is 218 Å². The molecule has 2 aromatic rings. The zero-order chi connectivity index (χ0) is 25.3. The summed E-state index contributed by atoms with van der Waals surface area (Å²) in [6, 6.07) is 12.5. The highest BCUT2D eigenvalue weighted by Crippen LogP contribution is 2.17. The van der Waals surface area contributed by atoms with Gasteiger partial charge in [-0.1, -0.05) is 36.0 Å². The van der Waals surface area contributed by atoms with E-state index in [0.717, 1.165) is 25.7 Å². The van der Waals surface area contributed by atoms with Crippen molar-refractivity contribution in [1.82, 2.24) is 0 Å². The van der Waals surface area contributed by atoms with Crippen LogP contribution in [0.2, 0.25) is 10.0 Å². The first-order valence-electron chi connectivity index (χ1n) is 11.6. The molecule has 10 heteroatoms. The van der Waals surface area contributed by atoms with Gasteiger partial charge in [0.15, 0.2) is 12.1 Å². The lowest BCUT2D eigenvalue weighted by Gasteiger charge is -1.99. The maximum atomic E-state index is 12.0. The number of rotatable bonds is 11. The molecule has 2 heterocycles. The number of hydrogen-bond acceptors (Lipinski definition) is 8. The molecule has 0 saturated heterocycles. The van der Waals surface area contributed by atoms with Crippen molar-refractivity contribution in [1.29, 1.82) is 0 Å². The normalized spacial score (nSPS) is 19.6. The minimum atomic E-state index is -0.713. The van der Waals surface area contributed by atoms with Crippen molar-refractivity contribution in [2.24, 2.45) is 20.0 Å². The van der Waals surface area contributed by atoms with Crippen LogP contribution in [0.3, 0.4) is 0 Å². The molecule has 0 N–H and O–H groups in total. The van der Waals surface area contributed by atoms with Gasteiger partial charge in [0.1, 0.15) is 0 Å². The Bertz CT molecular complexity index is 1110. The van der Waals surface area contributed by atoms with E-state index in [1.165, 1.54) is 12.4 Å². The second-order valence-electron chi connectivity index (χ2n) is 8.14. The Morgan fingerprint density at radius 2 is 1.06 bits per heavy atom. The van der Waals surface area contributed by atoms with Crippen LogP contribution in [0.4, 0.5) is 0 Å². The van der Waals surface area contributed by atoms with Crippen LogP contribution in [0.15, 0.2) is 68.5 Å². The second kappa shape index (κ2) is 12.6. The largest absolute Gasteiger partial charge is 0.405 e. The highest BCUT2D eigenvalue weighted by Gasteiger charge is 2.29. The summed E-state index contributed by atoms with van der Waals surface area (Å²) in [4.78, 5) is 41.2. The van der Waals surface area contributed by atoms with Crippen LogP contribution in [-0.4, -0.2) is 61.3 Å². The molecule has 2 aliphatic rings. The van der Waals surface area contributed by atoms with E-state index in [4.69, 9.17) is 32.7 Å². The first kappa shape index (κ1) is 25.7. The average Bonchev–Trinajstić information content (AvgIpc) is 3.43. The summed E-state index contributed by atoms with van der Waals surface area (Å²) < 4.78 is 10.5. The van der Waals surface area contributed by atoms with Crippen molar-refractivity contribution < 1.29 is 19.1 Å². The predicted octanol–water partition coefficient (Wildman–Crippen LogP) is 4.74. The Morgan fingerprint density at radius 3 is 1.44 bits per heavy atom. The van der Waals surface area contributed by atoms with Crippen molar-refractivity contribution in [2.45, 2.75) is 37.8 Å². The van der Waals surface area contributed by atoms with Crippen LogP contribution in [-0.2, 0) is 19.1 Å². The molecule has 36 heavy (non-hydrogen) atoms. The van der Waals surface area contributed by atoms with Crippen molar-refractivity contribution in [3.8, 4) is 0 Å². The van der Waals surface area contributed by atoms with Gasteiger partial charge in [-0.2, -0.15) is 0 Å². The second-order valence-corrected chi connectivity index (χ2v) is 9.01. The quantitative estimate of drug-likeness (QED) is 0.239. The minimum absolute atomic E-state index is 0.284. The first-order valence-corrected chi connectivity index (χ1v) is 12.4. The number of unbranched alkanes of at least 4 members (excludes halogenated alkanes) is 3. The van der Waals surface area contributed by atoms with Gasteiger partial charge in [0.2, 0.25) is 11.8 Å². The van der Waals surface area contributed by atoms with E-state index >= 15 is 0 Å². The van der Waals surface area contributed by atoms with Crippen LogP contribution >= 0.6 is 23.2 Å². The SMILES string of the molecule is O=C1OC(c2ccc(Cl)cc2)=NC1C=NCCCCCCN=C[C@H]1N=C(c2ccc(Cl)cc2)OC1=O. The number of carbonyl (C=O) groups is 2. The summed E-state index contributed by atoms with van der Waals surface area (Å²) in [5, 5.41) is 1.20. The molecule has 2 aliphatic heterocycles. The molecule has 0 aliphatic carbocycles. The lowest BCUT2D eigenvalue weighted by Crippen LogP contribution is -2.16. The molecule has 0 bridgehead atoms. The lowest BCUT2D eigenvalue weighted by atomic mass is 10.2. The Morgan fingerprint density at radius 1 is 0.667 bits per heavy atom. The van der Waals surface area contributed by atoms with Gasteiger partial charge in [0.05, 0.1) is 0 Å². The number of benzene rings is 2. The van der Waals surface area contributed by atoms with E-state index in [0.29, 0.717) is 34.3 Å². The molecule has 0 spiro atoms. The highest BCUT2D eigenvalue weighted by atomic mass is 35.5. The maximum absolute atomic E-state index is 12.0. The fourth-order valence-corrected chi connectivity index (χ4v) is 3.72. The molecule has 0 saturated carbocycles. The van der Waals surface area contributed by atoms with E-state index in [1.807, 2.05) is 0 Å². The number of ether oxygens (including phenoxy) is 2. The fraction of sp³-hybridized carbons (Fsp3) is 0.308. The smallest absolute Gasteiger partial charge is 0.343 e. The van der Waals surface area contributed by atoms with E-state index in [-0.39, 0.29) is 11.8 Å². The molecule has 1 unspecified atom stereocenters. The summed E-state index contributed by atoms with van der Waals surface area (Å²) in [6.07, 6.45) is 6.81. The molecule has 0 amide bonds. The molecule has 2 aromatic carbocycles. The molecular weight excluding hydrogens is 503 g/mol. The zero-order valence-electron chi connectivity index (χ0n) is 19.3. The van der Waals surface area contributed by atoms with Crippen LogP contribution in [0.5, 0.6) is 0 Å². The zero-order valence-corrected chi connectivity index (χ0v) is 20.9. The van der Waals surface area contributed by atoms with Gasteiger partial charge in [0.25, 0.3) is 0 Å². The van der Waals surface area contributed by atoms with Crippen LogP contribution in [0.1, 0.15) is 36.8 Å². The maximum Gasteiger partial charge on any atom is 0.343 e. The van der Waals surface area contributed by atoms with Gasteiger partial charge < -0.3 is 9.47 Å². The van der Waals surface area contributed by atoms with Crippen molar-refractivity contribution >= 4 is 59.4 Å². The molecule has 186 valence electrons. The van der Waals surface area contributed by atoms with Gasteiger partial charge in [-0.25, -0.2) is 19.6 Å². The third kappa shape index (κ3) is 7.08. The van der Waals surface area contributed by atoms with Gasteiger partial charge in [-0.3, -0.25) is 9.98 Å². The van der Waals surface area contributed by atoms with Crippen molar-refractivity contribution in [3.05, 3.63) is 69.7 Å². The van der Waals surface area contributed by atoms with Gasteiger partial charge in [0, 0.05) is 46.7 Å². The van der Waals surface area contributed by atoms with Crippen LogP contribution in [0.25, 0.3) is 0 Å². The molecule has 8 nitrogen and oxygen atoms in total. The number of halogens is 2. The topological polar surface area (TPSA) is 102 Å². The Hall–Kier alpha value is -3.36. The first-order chi connectivity index (χ1) is 17.5. The minimum Gasteiger partial charge on any atom is -0.405 e. The third-order valence-electron chi connectivity index (χ3n) is 5.39. The number of hydrogen-bond donors (Lipinski definition) is 0. The lowest BCUT2D eigenvalue weighted by molar-refractivity contribution is -0.134. The van der Waals surface area contributed by atoms with Gasteiger partial charge in [-0.05, 0) is 61.4 Å². The predicted molar refractivity (Wildman–Crippen MR) is 141 cm³/mol. The number of aliphatic imine (C=N–C) groups is 4. The van der Waals surface area contributed by atoms with Gasteiger partial charge in [-0.15, -0.1) is 0 Å². The number of cyclic esters (lactones) is 2. The monoisotopic (exact) mass is 526 g/mol. The molecule has 0 radical (unpaired) electrons. The summed E-state index contributed by atoms with van der Waals surface area (Å²) >= 11 is 11.8. The Kier molecular flexibility index (Phi) is 8.97. The third-order valence-corrected chi connectivity index (χ3v) is 5.89. The van der Waals surface area contributed by atoms with Crippen LogP contribution < -0.4 is 0 Å². The molecule has 0 fully saturated rings. The average molecular weight is 527 g/mol. The van der Waals surface area contributed by atoms with Crippen LogP contribution in [0, 0.1) is 0 Å². The molecule has 4 rings (SSSR count). The fourth-order valence-electron chi connectivity index (χ4n) is 3.47. The number of nitrogens with zero attached hydrogens (tertiary/aromatic N) is 4. The summed E-state index contributed by atoms with van der Waals surface area (Å²) in [5.41, 5.74) is 1.40. The highest BCUT2D eigenvalue weighted by molar-refractivity contribution is 6.31. The standard InChI is InChI=1S/C26H24Cl2N4O4/c27-19-9-5-17(6-10-19)23-31-21(25(33)35-23)15-29-13-3-1-2-4-14-30-16-22-26(34)36-24(32-22)18-7-11-20(28)12-8-18/h5-12,15-16,21-22H,1-4,13-14H2/t21-,22?/m1/s1. The summed E-state index contributed by atoms with van der Waals surface area (Å²) in [5.74, 6) is -0.299. The number of carbonyl (C=O) groups excluding carboxylic acids is 2. The summed E-state index contributed by atoms with van der Waals surface area (Å²) in [7, 11) is 0. The molecule has 0 aromatic heterocycles. The molecule has 2 atom stereocenters. The van der Waals surface area contributed by atoms with Crippen molar-refractivity contribution in [2.75, 3.05) is 13.1 Å². The summed E-state index contributed by atoms with van der Waals surface area (Å²) in [6.45, 7) is 1.21. The van der Waals surface area contributed by atoms with E-state index in [1.54, 1.807) is 48.5 Å². The van der Waals surface area contributed by atoms with Crippen molar-refractivity contribution in [3.63, 3.8) is 0 Å². The van der Waals surface area contributed by atoms with E-state index in [2.05, 4.69) is 20.0 Å². The molecular formula is C26H24Cl2N4O4. The van der Waals surface area contributed by atoms with E-state index < -0.39 is 24.0 Å².